The van der Waals surface area contributed by atoms with Crippen molar-refractivity contribution >= 4 is 17.4 Å². The lowest BCUT2D eigenvalue weighted by atomic mass is 9.94. The van der Waals surface area contributed by atoms with Crippen molar-refractivity contribution in [1.82, 2.24) is 9.80 Å². The summed E-state index contributed by atoms with van der Waals surface area (Å²) in [5.41, 5.74) is 1.62. The number of morpholine rings is 1. The summed E-state index contributed by atoms with van der Waals surface area (Å²) in [6, 6.07) is 11.3. The van der Waals surface area contributed by atoms with Crippen molar-refractivity contribution < 1.29 is 29.3 Å². The summed E-state index contributed by atoms with van der Waals surface area (Å²) < 4.78 is 11.1. The highest BCUT2D eigenvalue weighted by Gasteiger charge is 2.46. The molecule has 0 saturated carbocycles. The predicted molar refractivity (Wildman–Crippen MR) is 136 cm³/mol. The lowest BCUT2D eigenvalue weighted by molar-refractivity contribution is -0.140. The van der Waals surface area contributed by atoms with Crippen LogP contribution in [0, 0.1) is 6.92 Å². The molecule has 2 aromatic carbocycles. The van der Waals surface area contributed by atoms with Gasteiger partial charge in [-0.3, -0.25) is 14.5 Å². The molecular formula is C28H34N2O6. The third-order valence-corrected chi connectivity index (χ3v) is 6.59. The largest absolute Gasteiger partial charge is 0.507 e. The summed E-state index contributed by atoms with van der Waals surface area (Å²) in [6.45, 7) is 8.65. The van der Waals surface area contributed by atoms with Crippen LogP contribution in [0.25, 0.3) is 5.76 Å². The SMILES string of the molecule is CCCOc1ccc(C2C(=C(O)c3cc(C)ccc3O)C(=O)C(=O)N2CCCN2CCOCC2)cc1. The third kappa shape index (κ3) is 5.55. The van der Waals surface area contributed by atoms with E-state index in [1.54, 1.807) is 12.1 Å². The van der Waals surface area contributed by atoms with Gasteiger partial charge in [-0.1, -0.05) is 30.7 Å². The number of amides is 1. The summed E-state index contributed by atoms with van der Waals surface area (Å²) in [5.74, 6) is -1.24. The molecule has 0 aromatic heterocycles. The highest BCUT2D eigenvalue weighted by atomic mass is 16.5. The maximum Gasteiger partial charge on any atom is 0.295 e. The fourth-order valence-corrected chi connectivity index (χ4v) is 4.70. The third-order valence-electron chi connectivity index (χ3n) is 6.59. The van der Waals surface area contributed by atoms with Gasteiger partial charge in [0.2, 0.25) is 0 Å². The molecule has 192 valence electrons. The van der Waals surface area contributed by atoms with Gasteiger partial charge < -0.3 is 24.6 Å². The number of phenols is 1. The Kier molecular flexibility index (Phi) is 8.28. The van der Waals surface area contributed by atoms with Crippen LogP contribution in [-0.4, -0.2) is 77.7 Å². The molecule has 0 spiro atoms. The van der Waals surface area contributed by atoms with E-state index in [1.165, 1.54) is 11.0 Å². The van der Waals surface area contributed by atoms with Gasteiger partial charge >= 0.3 is 0 Å². The fourth-order valence-electron chi connectivity index (χ4n) is 4.70. The Labute approximate surface area is 211 Å². The molecule has 2 aliphatic rings. The zero-order valence-corrected chi connectivity index (χ0v) is 20.9. The predicted octanol–water partition coefficient (Wildman–Crippen LogP) is 3.63. The molecule has 8 nitrogen and oxygen atoms in total. The normalized spacial score (nSPS) is 20.2. The van der Waals surface area contributed by atoms with E-state index in [2.05, 4.69) is 4.90 Å². The number of hydrogen-bond acceptors (Lipinski definition) is 7. The minimum Gasteiger partial charge on any atom is -0.507 e. The van der Waals surface area contributed by atoms with Gasteiger partial charge in [0, 0.05) is 26.2 Å². The summed E-state index contributed by atoms with van der Waals surface area (Å²) in [4.78, 5) is 30.2. The van der Waals surface area contributed by atoms with Crippen molar-refractivity contribution in [3.63, 3.8) is 0 Å². The summed E-state index contributed by atoms with van der Waals surface area (Å²) in [5, 5.41) is 21.6. The van der Waals surface area contributed by atoms with Gasteiger partial charge in [-0.15, -0.1) is 0 Å². The number of ether oxygens (including phenoxy) is 2. The number of hydrogen-bond donors (Lipinski definition) is 2. The van der Waals surface area contributed by atoms with Crippen LogP contribution in [0.5, 0.6) is 11.5 Å². The monoisotopic (exact) mass is 494 g/mol. The van der Waals surface area contributed by atoms with Gasteiger partial charge in [0.15, 0.2) is 0 Å². The second-order valence-corrected chi connectivity index (χ2v) is 9.24. The Bertz CT molecular complexity index is 1120. The van der Waals surface area contributed by atoms with Crippen LogP contribution in [0.2, 0.25) is 0 Å². The molecule has 36 heavy (non-hydrogen) atoms. The van der Waals surface area contributed by atoms with E-state index in [0.717, 1.165) is 31.6 Å². The summed E-state index contributed by atoms with van der Waals surface area (Å²) >= 11 is 0. The Balaban J connectivity index is 1.68. The van der Waals surface area contributed by atoms with Crippen molar-refractivity contribution in [3.05, 3.63) is 64.7 Å². The lowest BCUT2D eigenvalue weighted by Crippen LogP contribution is -2.38. The number of aliphatic hydroxyl groups excluding tert-OH is 1. The zero-order chi connectivity index (χ0) is 25.7. The van der Waals surface area contributed by atoms with Crippen LogP contribution < -0.4 is 4.74 Å². The molecule has 2 saturated heterocycles. The van der Waals surface area contributed by atoms with Gasteiger partial charge in [-0.25, -0.2) is 0 Å². The van der Waals surface area contributed by atoms with Crippen molar-refractivity contribution in [1.29, 1.82) is 0 Å². The fraction of sp³-hybridized carbons (Fsp3) is 0.429. The first-order chi connectivity index (χ1) is 17.4. The number of nitrogens with zero attached hydrogens (tertiary/aromatic N) is 2. The lowest BCUT2D eigenvalue weighted by Gasteiger charge is -2.29. The number of aromatic hydroxyl groups is 1. The second-order valence-electron chi connectivity index (χ2n) is 9.24. The Hall–Kier alpha value is -3.36. The molecule has 2 fully saturated rings. The number of benzene rings is 2. The molecule has 1 amide bonds. The van der Waals surface area contributed by atoms with E-state index >= 15 is 0 Å². The Morgan fingerprint density at radius 2 is 1.81 bits per heavy atom. The molecule has 0 radical (unpaired) electrons. The molecule has 0 bridgehead atoms. The first kappa shape index (κ1) is 25.7. The van der Waals surface area contributed by atoms with E-state index in [0.29, 0.717) is 44.1 Å². The number of ketones is 1. The number of aryl methyl sites for hydroxylation is 1. The number of phenolic OH excluding ortho intramolecular Hbond substituents is 1. The first-order valence-corrected chi connectivity index (χ1v) is 12.5. The Morgan fingerprint density at radius 3 is 2.50 bits per heavy atom. The topological polar surface area (TPSA) is 99.5 Å². The molecule has 2 aromatic rings. The van der Waals surface area contributed by atoms with Gasteiger partial charge in [0.25, 0.3) is 11.7 Å². The molecule has 2 N–H and O–H groups in total. The smallest absolute Gasteiger partial charge is 0.295 e. The van der Waals surface area contributed by atoms with E-state index in [1.807, 2.05) is 38.1 Å². The quantitative estimate of drug-likeness (QED) is 0.312. The number of rotatable bonds is 9. The van der Waals surface area contributed by atoms with Crippen LogP contribution in [0.1, 0.15) is 42.5 Å². The van der Waals surface area contributed by atoms with Crippen LogP contribution in [0.15, 0.2) is 48.0 Å². The minimum atomic E-state index is -0.769. The van der Waals surface area contributed by atoms with Crippen molar-refractivity contribution in [2.75, 3.05) is 46.0 Å². The highest BCUT2D eigenvalue weighted by molar-refractivity contribution is 6.46. The van der Waals surface area contributed by atoms with Crippen LogP contribution in [-0.2, 0) is 14.3 Å². The van der Waals surface area contributed by atoms with Crippen LogP contribution in [0.4, 0.5) is 0 Å². The van der Waals surface area contributed by atoms with E-state index in [9.17, 15) is 19.8 Å². The average molecular weight is 495 g/mol. The maximum absolute atomic E-state index is 13.2. The summed E-state index contributed by atoms with van der Waals surface area (Å²) in [7, 11) is 0. The number of carbonyl (C=O) groups excluding carboxylic acids is 2. The van der Waals surface area contributed by atoms with E-state index in [-0.39, 0.29) is 22.6 Å². The number of likely N-dealkylation sites (tertiary alicyclic amines) is 1. The molecule has 2 aliphatic heterocycles. The highest BCUT2D eigenvalue weighted by Crippen LogP contribution is 2.41. The number of carbonyl (C=O) groups is 2. The number of Topliss-reactive ketones (excluding diaryl/α,β-unsaturated/α-hetero) is 1. The van der Waals surface area contributed by atoms with Gasteiger partial charge in [0.05, 0.1) is 37.0 Å². The first-order valence-electron chi connectivity index (χ1n) is 12.5. The second kappa shape index (κ2) is 11.6. The average Bonchev–Trinajstić information content (AvgIpc) is 3.14. The van der Waals surface area contributed by atoms with Crippen molar-refractivity contribution in [2.45, 2.75) is 32.7 Å². The maximum atomic E-state index is 13.2. The van der Waals surface area contributed by atoms with Gasteiger partial charge in [-0.2, -0.15) is 0 Å². The molecular weight excluding hydrogens is 460 g/mol. The van der Waals surface area contributed by atoms with Crippen molar-refractivity contribution in [3.8, 4) is 11.5 Å². The standard InChI is InChI=1S/C28H34N2O6/c1-3-15-36-21-8-6-20(7-9-21)25-24(26(32)22-18-19(2)5-10-23(22)31)27(33)28(34)30(25)12-4-11-29-13-16-35-17-14-29/h5-10,18,25,31-32H,3-4,11-17H2,1-2H3. The van der Waals surface area contributed by atoms with E-state index < -0.39 is 17.7 Å². The van der Waals surface area contributed by atoms with Crippen molar-refractivity contribution in [2.24, 2.45) is 0 Å². The molecule has 2 heterocycles. The molecule has 1 atom stereocenters. The minimum absolute atomic E-state index is 0.0190. The van der Waals surface area contributed by atoms with Gasteiger partial charge in [0.1, 0.15) is 17.3 Å². The number of aliphatic hydroxyl groups is 1. The zero-order valence-electron chi connectivity index (χ0n) is 20.9. The van der Waals surface area contributed by atoms with Crippen LogP contribution >= 0.6 is 0 Å². The molecule has 4 rings (SSSR count). The molecule has 1 unspecified atom stereocenters. The molecule has 8 heteroatoms. The van der Waals surface area contributed by atoms with E-state index in [4.69, 9.17) is 9.47 Å². The van der Waals surface area contributed by atoms with Gasteiger partial charge in [-0.05, 0) is 49.6 Å². The summed E-state index contributed by atoms with van der Waals surface area (Å²) in [6.07, 6.45) is 1.56. The Morgan fingerprint density at radius 1 is 1.08 bits per heavy atom. The van der Waals surface area contributed by atoms with Crippen LogP contribution in [0.3, 0.4) is 0 Å². The molecule has 0 aliphatic carbocycles.